The third kappa shape index (κ3) is 4.15. The first-order valence-electron chi connectivity index (χ1n) is 5.53. The van der Waals surface area contributed by atoms with Gasteiger partial charge in [0.2, 0.25) is 0 Å². The van der Waals surface area contributed by atoms with E-state index in [4.69, 9.17) is 22.1 Å². The number of halogens is 1. The summed E-state index contributed by atoms with van der Waals surface area (Å²) in [6.45, 7) is -0.0934. The van der Waals surface area contributed by atoms with Gasteiger partial charge in [-0.3, -0.25) is 4.79 Å². The monoisotopic (exact) mass is 277 g/mol. The number of aromatic nitrogens is 1. The molecule has 0 aliphatic heterocycles. The topological polar surface area (TPSA) is 77.2 Å². The summed E-state index contributed by atoms with van der Waals surface area (Å²) in [4.78, 5) is 15.5. The first kappa shape index (κ1) is 13.2. The first-order valence-corrected chi connectivity index (χ1v) is 5.91. The third-order valence-corrected chi connectivity index (χ3v) is 2.47. The highest BCUT2D eigenvalue weighted by molar-refractivity contribution is 6.29. The van der Waals surface area contributed by atoms with Crippen LogP contribution in [0.1, 0.15) is 0 Å². The molecule has 0 radical (unpaired) electrons. The molecule has 0 fully saturated rings. The summed E-state index contributed by atoms with van der Waals surface area (Å²) in [5.74, 6) is 0.302. The summed E-state index contributed by atoms with van der Waals surface area (Å²) in [5.41, 5.74) is 6.76. The molecule has 3 N–H and O–H groups in total. The third-order valence-electron chi connectivity index (χ3n) is 2.26. The van der Waals surface area contributed by atoms with Crippen LogP contribution in [0.2, 0.25) is 5.15 Å². The van der Waals surface area contributed by atoms with Crippen LogP contribution in [0.4, 0.5) is 11.4 Å². The van der Waals surface area contributed by atoms with Gasteiger partial charge in [-0.2, -0.15) is 0 Å². The Hall–Kier alpha value is -2.27. The van der Waals surface area contributed by atoms with Crippen molar-refractivity contribution in [3.63, 3.8) is 0 Å². The molecule has 98 valence electrons. The number of hydrogen-bond acceptors (Lipinski definition) is 4. The molecule has 0 saturated carbocycles. The number of pyridine rings is 1. The lowest BCUT2D eigenvalue weighted by molar-refractivity contribution is -0.118. The minimum absolute atomic E-state index is 0.0934. The van der Waals surface area contributed by atoms with E-state index in [-0.39, 0.29) is 12.5 Å². The smallest absolute Gasteiger partial charge is 0.262 e. The highest BCUT2D eigenvalue weighted by Gasteiger charge is 2.04. The molecule has 0 saturated heterocycles. The Balaban J connectivity index is 1.86. The SMILES string of the molecule is Nc1ccc(OCC(=O)Nc2ccnc(Cl)c2)cc1. The van der Waals surface area contributed by atoms with Crippen LogP contribution in [-0.2, 0) is 4.79 Å². The molecular formula is C13H12ClN3O2. The number of anilines is 2. The number of nitrogen functional groups attached to an aromatic ring is 1. The number of nitrogens with two attached hydrogens (primary N) is 1. The van der Waals surface area contributed by atoms with Crippen LogP contribution in [-0.4, -0.2) is 17.5 Å². The zero-order valence-corrected chi connectivity index (χ0v) is 10.7. The number of amides is 1. The van der Waals surface area contributed by atoms with Gasteiger partial charge >= 0.3 is 0 Å². The van der Waals surface area contributed by atoms with Crippen LogP contribution in [0.25, 0.3) is 0 Å². The maximum atomic E-state index is 11.6. The second-order valence-corrected chi connectivity index (χ2v) is 4.16. The van der Waals surface area contributed by atoms with Crippen molar-refractivity contribution in [1.29, 1.82) is 0 Å². The fraction of sp³-hybridized carbons (Fsp3) is 0.0769. The maximum Gasteiger partial charge on any atom is 0.262 e. The summed E-state index contributed by atoms with van der Waals surface area (Å²) in [7, 11) is 0. The van der Waals surface area contributed by atoms with Crippen molar-refractivity contribution >= 4 is 28.9 Å². The standard InChI is InChI=1S/C13H12ClN3O2/c14-12-7-10(5-6-16-12)17-13(18)8-19-11-3-1-9(15)2-4-11/h1-7H,8,15H2,(H,16,17,18). The average molecular weight is 278 g/mol. The highest BCUT2D eigenvalue weighted by Crippen LogP contribution is 2.14. The van der Waals surface area contributed by atoms with Gasteiger partial charge in [-0.25, -0.2) is 4.98 Å². The molecular weight excluding hydrogens is 266 g/mol. The van der Waals surface area contributed by atoms with E-state index in [2.05, 4.69) is 10.3 Å². The maximum absolute atomic E-state index is 11.6. The van der Waals surface area contributed by atoms with Gasteiger partial charge in [-0.15, -0.1) is 0 Å². The fourth-order valence-electron chi connectivity index (χ4n) is 1.39. The lowest BCUT2D eigenvalue weighted by Gasteiger charge is -2.07. The minimum Gasteiger partial charge on any atom is -0.484 e. The van der Waals surface area contributed by atoms with E-state index in [9.17, 15) is 4.79 Å². The normalized spacial score (nSPS) is 9.95. The molecule has 0 aliphatic carbocycles. The summed E-state index contributed by atoms with van der Waals surface area (Å²) in [5, 5.41) is 2.97. The Kier molecular flexibility index (Phi) is 4.20. The summed E-state index contributed by atoms with van der Waals surface area (Å²) in [6, 6.07) is 10.0. The van der Waals surface area contributed by atoms with Crippen LogP contribution in [0.3, 0.4) is 0 Å². The number of ether oxygens (including phenoxy) is 1. The van der Waals surface area contributed by atoms with Gasteiger partial charge < -0.3 is 15.8 Å². The predicted octanol–water partition coefficient (Wildman–Crippen LogP) is 2.33. The molecule has 19 heavy (non-hydrogen) atoms. The first-order chi connectivity index (χ1) is 9.13. The fourth-order valence-corrected chi connectivity index (χ4v) is 1.56. The van der Waals surface area contributed by atoms with Gasteiger partial charge in [0.05, 0.1) is 0 Å². The van der Waals surface area contributed by atoms with E-state index < -0.39 is 0 Å². The van der Waals surface area contributed by atoms with Crippen molar-refractivity contribution in [2.24, 2.45) is 0 Å². The molecule has 1 amide bonds. The van der Waals surface area contributed by atoms with E-state index in [1.807, 2.05) is 0 Å². The molecule has 0 bridgehead atoms. The van der Waals surface area contributed by atoms with E-state index in [0.717, 1.165) is 0 Å². The molecule has 1 aromatic heterocycles. The molecule has 0 atom stereocenters. The average Bonchev–Trinajstić information content (AvgIpc) is 2.38. The number of rotatable bonds is 4. The van der Waals surface area contributed by atoms with Crippen molar-refractivity contribution in [2.75, 3.05) is 17.7 Å². The quantitative estimate of drug-likeness (QED) is 0.664. The second-order valence-electron chi connectivity index (χ2n) is 3.77. The van der Waals surface area contributed by atoms with Gasteiger partial charge in [0, 0.05) is 17.6 Å². The van der Waals surface area contributed by atoms with E-state index in [1.165, 1.54) is 6.20 Å². The van der Waals surface area contributed by atoms with Crippen molar-refractivity contribution in [2.45, 2.75) is 0 Å². The molecule has 0 aliphatic rings. The lowest BCUT2D eigenvalue weighted by atomic mass is 10.3. The highest BCUT2D eigenvalue weighted by atomic mass is 35.5. The molecule has 6 heteroatoms. The van der Waals surface area contributed by atoms with E-state index >= 15 is 0 Å². The number of carbonyl (C=O) groups is 1. The molecule has 2 aromatic rings. The molecule has 2 rings (SSSR count). The van der Waals surface area contributed by atoms with Crippen LogP contribution in [0, 0.1) is 0 Å². The Morgan fingerprint density at radius 1 is 1.32 bits per heavy atom. The zero-order valence-electron chi connectivity index (χ0n) is 9.97. The zero-order chi connectivity index (χ0) is 13.7. The molecule has 1 heterocycles. The summed E-state index contributed by atoms with van der Waals surface area (Å²) < 4.78 is 5.31. The van der Waals surface area contributed by atoms with Gasteiger partial charge in [-0.05, 0) is 36.4 Å². The van der Waals surface area contributed by atoms with Crippen LogP contribution >= 0.6 is 11.6 Å². The van der Waals surface area contributed by atoms with Gasteiger partial charge in [0.25, 0.3) is 5.91 Å². The Bertz CT molecular complexity index is 572. The number of carbonyl (C=O) groups excluding carboxylic acids is 1. The van der Waals surface area contributed by atoms with Crippen molar-refractivity contribution in [3.05, 3.63) is 47.7 Å². The van der Waals surface area contributed by atoms with Crippen molar-refractivity contribution in [1.82, 2.24) is 4.98 Å². The van der Waals surface area contributed by atoms with Crippen LogP contribution in [0.5, 0.6) is 5.75 Å². The summed E-state index contributed by atoms with van der Waals surface area (Å²) in [6.07, 6.45) is 1.51. The van der Waals surface area contributed by atoms with Gasteiger partial charge in [0.15, 0.2) is 6.61 Å². The number of nitrogens with one attached hydrogen (secondary N) is 1. The van der Waals surface area contributed by atoms with Gasteiger partial charge in [-0.1, -0.05) is 11.6 Å². The molecule has 5 nitrogen and oxygen atoms in total. The van der Waals surface area contributed by atoms with E-state index in [1.54, 1.807) is 36.4 Å². The molecule has 1 aromatic carbocycles. The van der Waals surface area contributed by atoms with Crippen molar-refractivity contribution in [3.8, 4) is 5.75 Å². The Labute approximate surface area is 115 Å². The summed E-state index contributed by atoms with van der Waals surface area (Å²) >= 11 is 5.71. The Morgan fingerprint density at radius 2 is 2.05 bits per heavy atom. The van der Waals surface area contributed by atoms with E-state index in [0.29, 0.717) is 22.3 Å². The molecule has 0 unspecified atom stereocenters. The second kappa shape index (κ2) is 6.06. The van der Waals surface area contributed by atoms with Gasteiger partial charge in [0.1, 0.15) is 10.9 Å². The molecule has 0 spiro atoms. The number of hydrogen-bond donors (Lipinski definition) is 2. The minimum atomic E-state index is -0.279. The van der Waals surface area contributed by atoms with Crippen LogP contribution < -0.4 is 15.8 Å². The largest absolute Gasteiger partial charge is 0.484 e. The Morgan fingerprint density at radius 3 is 2.74 bits per heavy atom. The van der Waals surface area contributed by atoms with Crippen LogP contribution in [0.15, 0.2) is 42.6 Å². The number of nitrogens with zero attached hydrogens (tertiary/aromatic N) is 1. The van der Waals surface area contributed by atoms with Crippen molar-refractivity contribution < 1.29 is 9.53 Å². The number of benzene rings is 1. The predicted molar refractivity (Wildman–Crippen MR) is 74.2 cm³/mol. The lowest BCUT2D eigenvalue weighted by Crippen LogP contribution is -2.20.